The number of carbonyl (C=O) groups is 1. The molecular weight excluding hydrogens is 332 g/mol. The van der Waals surface area contributed by atoms with Gasteiger partial charge in [-0.25, -0.2) is 8.42 Å². The molecule has 0 saturated carbocycles. The minimum atomic E-state index is -3.12. The van der Waals surface area contributed by atoms with E-state index in [0.29, 0.717) is 17.1 Å². The van der Waals surface area contributed by atoms with Gasteiger partial charge in [-0.2, -0.15) is 0 Å². The van der Waals surface area contributed by atoms with Gasteiger partial charge in [0.2, 0.25) is 0 Å². The predicted octanol–water partition coefficient (Wildman–Crippen LogP) is 1.64. The van der Waals surface area contributed by atoms with Crippen molar-refractivity contribution < 1.29 is 22.5 Å². The molecule has 24 heavy (non-hydrogen) atoms. The SMILES string of the molecule is Cc1noc(C)c1COc1ccccc1C(=O)NCCS(C)(=O)=O. The summed E-state index contributed by atoms with van der Waals surface area (Å²) >= 11 is 0. The number of sulfone groups is 1. The molecule has 8 heteroatoms. The predicted molar refractivity (Wildman–Crippen MR) is 88.8 cm³/mol. The zero-order valence-corrected chi connectivity index (χ0v) is 14.6. The molecule has 0 aliphatic rings. The van der Waals surface area contributed by atoms with Crippen molar-refractivity contribution in [2.75, 3.05) is 18.6 Å². The van der Waals surface area contributed by atoms with Gasteiger partial charge in [0.15, 0.2) is 0 Å². The first-order valence-electron chi connectivity index (χ1n) is 7.37. The number of carbonyl (C=O) groups excluding carboxylic acids is 1. The summed E-state index contributed by atoms with van der Waals surface area (Å²) < 4.78 is 33.1. The van der Waals surface area contributed by atoms with Crippen molar-refractivity contribution in [3.8, 4) is 5.75 Å². The van der Waals surface area contributed by atoms with Crippen molar-refractivity contribution in [1.82, 2.24) is 10.5 Å². The molecule has 2 aromatic rings. The molecule has 1 heterocycles. The molecule has 130 valence electrons. The van der Waals surface area contributed by atoms with E-state index in [2.05, 4.69) is 10.5 Å². The van der Waals surface area contributed by atoms with E-state index in [0.717, 1.165) is 17.5 Å². The summed E-state index contributed by atoms with van der Waals surface area (Å²) in [7, 11) is -3.12. The van der Waals surface area contributed by atoms with Crippen LogP contribution in [0.4, 0.5) is 0 Å². The van der Waals surface area contributed by atoms with E-state index in [1.54, 1.807) is 31.2 Å². The second-order valence-corrected chi connectivity index (χ2v) is 7.73. The fourth-order valence-corrected chi connectivity index (χ4v) is 2.56. The Morgan fingerprint density at radius 3 is 2.62 bits per heavy atom. The molecule has 0 unspecified atom stereocenters. The van der Waals surface area contributed by atoms with Gasteiger partial charge < -0.3 is 14.6 Å². The van der Waals surface area contributed by atoms with Crippen LogP contribution < -0.4 is 10.1 Å². The third-order valence-corrected chi connectivity index (χ3v) is 4.39. The smallest absolute Gasteiger partial charge is 0.255 e. The van der Waals surface area contributed by atoms with Crippen molar-refractivity contribution in [3.63, 3.8) is 0 Å². The molecule has 0 atom stereocenters. The van der Waals surface area contributed by atoms with E-state index < -0.39 is 9.84 Å². The van der Waals surface area contributed by atoms with Crippen LogP contribution in [0.25, 0.3) is 0 Å². The zero-order chi connectivity index (χ0) is 17.7. The Morgan fingerprint density at radius 2 is 2.00 bits per heavy atom. The van der Waals surface area contributed by atoms with Crippen molar-refractivity contribution in [2.24, 2.45) is 0 Å². The summed E-state index contributed by atoms with van der Waals surface area (Å²) in [5.74, 6) is 0.589. The highest BCUT2D eigenvalue weighted by Gasteiger charge is 2.15. The molecule has 0 aliphatic heterocycles. The highest BCUT2D eigenvalue weighted by atomic mass is 32.2. The molecule has 1 N–H and O–H groups in total. The molecular formula is C16H20N2O5S. The van der Waals surface area contributed by atoms with E-state index in [4.69, 9.17) is 9.26 Å². The second-order valence-electron chi connectivity index (χ2n) is 5.47. The molecule has 0 fully saturated rings. The van der Waals surface area contributed by atoms with Gasteiger partial charge in [-0.05, 0) is 26.0 Å². The lowest BCUT2D eigenvalue weighted by Crippen LogP contribution is -2.29. The average molecular weight is 352 g/mol. The van der Waals surface area contributed by atoms with Crippen molar-refractivity contribution >= 4 is 15.7 Å². The number of benzene rings is 1. The van der Waals surface area contributed by atoms with Gasteiger partial charge in [-0.1, -0.05) is 17.3 Å². The van der Waals surface area contributed by atoms with Crippen LogP contribution in [0.15, 0.2) is 28.8 Å². The van der Waals surface area contributed by atoms with Crippen molar-refractivity contribution in [1.29, 1.82) is 0 Å². The van der Waals surface area contributed by atoms with Crippen LogP contribution in [-0.2, 0) is 16.4 Å². The Morgan fingerprint density at radius 1 is 1.29 bits per heavy atom. The summed E-state index contributed by atoms with van der Waals surface area (Å²) in [5.41, 5.74) is 1.92. The number of hydrogen-bond donors (Lipinski definition) is 1. The van der Waals surface area contributed by atoms with Crippen LogP contribution in [0.5, 0.6) is 5.75 Å². The quantitative estimate of drug-likeness (QED) is 0.813. The summed E-state index contributed by atoms with van der Waals surface area (Å²) in [4.78, 5) is 12.2. The maximum atomic E-state index is 12.2. The maximum absolute atomic E-state index is 12.2. The lowest BCUT2D eigenvalue weighted by molar-refractivity contribution is 0.0951. The Labute approximate surface area is 140 Å². The van der Waals surface area contributed by atoms with E-state index in [1.165, 1.54) is 0 Å². The first-order chi connectivity index (χ1) is 11.3. The summed E-state index contributed by atoms with van der Waals surface area (Å²) in [5, 5.41) is 6.44. The van der Waals surface area contributed by atoms with Crippen LogP contribution in [0.1, 0.15) is 27.4 Å². The first-order valence-corrected chi connectivity index (χ1v) is 9.43. The van der Waals surface area contributed by atoms with Crippen LogP contribution in [0, 0.1) is 13.8 Å². The summed E-state index contributed by atoms with van der Waals surface area (Å²) in [6, 6.07) is 6.78. The number of hydrogen-bond acceptors (Lipinski definition) is 6. The Balaban J connectivity index is 2.05. The molecule has 1 aromatic heterocycles. The second kappa shape index (κ2) is 7.48. The average Bonchev–Trinajstić information content (AvgIpc) is 2.83. The molecule has 0 bridgehead atoms. The fourth-order valence-electron chi connectivity index (χ4n) is 2.08. The number of amides is 1. The van der Waals surface area contributed by atoms with Gasteiger partial charge >= 0.3 is 0 Å². The van der Waals surface area contributed by atoms with E-state index in [-0.39, 0.29) is 24.8 Å². The number of para-hydroxylation sites is 1. The number of nitrogens with one attached hydrogen (secondary N) is 1. The van der Waals surface area contributed by atoms with Gasteiger partial charge in [0.05, 0.1) is 22.6 Å². The highest BCUT2D eigenvalue weighted by Crippen LogP contribution is 2.21. The molecule has 1 amide bonds. The summed E-state index contributed by atoms with van der Waals surface area (Å²) in [6.45, 7) is 3.89. The maximum Gasteiger partial charge on any atom is 0.255 e. The Kier molecular flexibility index (Phi) is 5.61. The molecule has 1 aromatic carbocycles. The number of rotatable bonds is 7. The standard InChI is InChI=1S/C16H20N2O5S/c1-11-14(12(2)23-18-11)10-22-15-7-5-4-6-13(15)16(19)17-8-9-24(3,20)21/h4-7H,8-10H2,1-3H3,(H,17,19). The lowest BCUT2D eigenvalue weighted by atomic mass is 10.2. The molecule has 7 nitrogen and oxygen atoms in total. The first kappa shape index (κ1) is 18.0. The number of nitrogens with zero attached hydrogens (tertiary/aromatic N) is 1. The molecule has 0 spiro atoms. The molecule has 0 saturated heterocycles. The van der Waals surface area contributed by atoms with Gasteiger partial charge in [-0.15, -0.1) is 0 Å². The number of ether oxygens (including phenoxy) is 1. The van der Waals surface area contributed by atoms with E-state index in [9.17, 15) is 13.2 Å². The zero-order valence-electron chi connectivity index (χ0n) is 13.8. The van der Waals surface area contributed by atoms with Crippen LogP contribution >= 0.6 is 0 Å². The van der Waals surface area contributed by atoms with Crippen molar-refractivity contribution in [3.05, 3.63) is 46.8 Å². The third-order valence-electron chi connectivity index (χ3n) is 3.44. The fraction of sp³-hybridized carbons (Fsp3) is 0.375. The van der Waals surface area contributed by atoms with Crippen LogP contribution in [0.3, 0.4) is 0 Å². The molecule has 0 aliphatic carbocycles. The third kappa shape index (κ3) is 4.82. The van der Waals surface area contributed by atoms with Crippen LogP contribution in [-0.4, -0.2) is 38.0 Å². The van der Waals surface area contributed by atoms with Crippen LogP contribution in [0.2, 0.25) is 0 Å². The minimum Gasteiger partial charge on any atom is -0.488 e. The topological polar surface area (TPSA) is 98.5 Å². The van der Waals surface area contributed by atoms with E-state index >= 15 is 0 Å². The monoisotopic (exact) mass is 352 g/mol. The molecule has 2 rings (SSSR count). The Bertz CT molecular complexity index is 807. The Hall–Kier alpha value is -2.35. The van der Waals surface area contributed by atoms with Crippen molar-refractivity contribution in [2.45, 2.75) is 20.5 Å². The van der Waals surface area contributed by atoms with Gasteiger partial charge in [0.25, 0.3) is 5.91 Å². The lowest BCUT2D eigenvalue weighted by Gasteiger charge is -2.11. The van der Waals surface area contributed by atoms with Gasteiger partial charge in [-0.3, -0.25) is 4.79 Å². The largest absolute Gasteiger partial charge is 0.488 e. The normalized spacial score (nSPS) is 11.3. The minimum absolute atomic E-state index is 0.0515. The number of aromatic nitrogens is 1. The highest BCUT2D eigenvalue weighted by molar-refractivity contribution is 7.90. The van der Waals surface area contributed by atoms with Gasteiger partial charge in [0, 0.05) is 12.8 Å². The number of aryl methyl sites for hydroxylation is 2. The molecule has 0 radical (unpaired) electrons. The summed E-state index contributed by atoms with van der Waals surface area (Å²) in [6.07, 6.45) is 1.12. The van der Waals surface area contributed by atoms with E-state index in [1.807, 2.05) is 6.92 Å². The van der Waals surface area contributed by atoms with Gasteiger partial charge in [0.1, 0.15) is 28.0 Å².